The van der Waals surface area contributed by atoms with E-state index in [0.29, 0.717) is 12.5 Å². The van der Waals surface area contributed by atoms with E-state index in [4.69, 9.17) is 0 Å². The Hall–Kier alpha value is 0.0700. The molecular weight excluding hydrogens is 256 g/mol. The van der Waals surface area contributed by atoms with Crippen molar-refractivity contribution in [3.63, 3.8) is 0 Å². The first kappa shape index (κ1) is 17.1. The van der Waals surface area contributed by atoms with Crippen LogP contribution in [0.15, 0.2) is 0 Å². The van der Waals surface area contributed by atoms with Crippen LogP contribution in [0.25, 0.3) is 0 Å². The van der Waals surface area contributed by atoms with Crippen molar-refractivity contribution in [2.75, 3.05) is 31.6 Å². The summed E-state index contributed by atoms with van der Waals surface area (Å²) >= 11 is 1.94. The van der Waals surface area contributed by atoms with E-state index in [2.05, 4.69) is 26.1 Å². The van der Waals surface area contributed by atoms with Gasteiger partial charge in [0.05, 0.1) is 0 Å². The number of nitrogens with one attached hydrogen (secondary N) is 1. The Morgan fingerprint density at radius 2 is 2.12 bits per heavy atom. The summed E-state index contributed by atoms with van der Waals surface area (Å²) in [4.78, 5) is 13.8. The van der Waals surface area contributed by atoms with Crippen molar-refractivity contribution >= 4 is 30.1 Å². The van der Waals surface area contributed by atoms with E-state index in [-0.39, 0.29) is 23.7 Å². The zero-order chi connectivity index (χ0) is 12.2. The van der Waals surface area contributed by atoms with Crippen LogP contribution in [0.4, 0.5) is 0 Å². The first-order chi connectivity index (χ1) is 7.38. The van der Waals surface area contributed by atoms with Gasteiger partial charge in [-0.15, -0.1) is 12.4 Å². The van der Waals surface area contributed by atoms with Crippen molar-refractivity contribution in [2.24, 2.45) is 5.41 Å². The number of thioether (sulfide) groups is 1. The molecule has 1 N–H and O–H groups in total. The lowest BCUT2D eigenvalue weighted by molar-refractivity contribution is -0.131. The van der Waals surface area contributed by atoms with Gasteiger partial charge in [-0.2, -0.15) is 11.8 Å². The van der Waals surface area contributed by atoms with Gasteiger partial charge in [0.2, 0.25) is 5.91 Å². The fourth-order valence-corrected chi connectivity index (χ4v) is 2.87. The summed E-state index contributed by atoms with van der Waals surface area (Å²) in [6, 6.07) is 0.369. The average molecular weight is 281 g/mol. The second-order valence-corrected chi connectivity index (χ2v) is 6.89. The first-order valence-corrected chi connectivity index (χ1v) is 7.09. The number of hydrogen-bond acceptors (Lipinski definition) is 3. The maximum absolute atomic E-state index is 12.0. The van der Waals surface area contributed by atoms with Crippen LogP contribution >= 0.6 is 24.2 Å². The van der Waals surface area contributed by atoms with Gasteiger partial charge in [-0.1, -0.05) is 20.8 Å². The second kappa shape index (κ2) is 7.49. The zero-order valence-electron chi connectivity index (χ0n) is 11.3. The third kappa shape index (κ3) is 7.17. The fraction of sp³-hybridized carbons (Fsp3) is 0.917. The molecule has 0 aromatic carbocycles. The maximum atomic E-state index is 12.0. The molecule has 1 atom stereocenters. The second-order valence-electron chi connectivity index (χ2n) is 5.74. The van der Waals surface area contributed by atoms with Gasteiger partial charge in [0.1, 0.15) is 0 Å². The number of rotatable bonds is 3. The lowest BCUT2D eigenvalue weighted by Gasteiger charge is -2.29. The van der Waals surface area contributed by atoms with E-state index in [1.165, 1.54) is 5.75 Å². The van der Waals surface area contributed by atoms with E-state index in [1.807, 2.05) is 23.7 Å². The minimum atomic E-state index is 0. The predicted octanol–water partition coefficient (Wildman–Crippen LogP) is 2.01. The molecule has 0 aromatic heterocycles. The predicted molar refractivity (Wildman–Crippen MR) is 78.1 cm³/mol. The van der Waals surface area contributed by atoms with Crippen molar-refractivity contribution in [2.45, 2.75) is 33.2 Å². The summed E-state index contributed by atoms with van der Waals surface area (Å²) in [5.74, 6) is 2.49. The Labute approximate surface area is 115 Å². The van der Waals surface area contributed by atoms with Gasteiger partial charge >= 0.3 is 0 Å². The van der Waals surface area contributed by atoms with Gasteiger partial charge in [0.15, 0.2) is 0 Å². The van der Waals surface area contributed by atoms with Crippen LogP contribution in [0, 0.1) is 5.41 Å². The highest BCUT2D eigenvalue weighted by atomic mass is 35.5. The van der Waals surface area contributed by atoms with Crippen LogP contribution in [-0.2, 0) is 4.79 Å². The highest BCUT2D eigenvalue weighted by Gasteiger charge is 2.21. The highest BCUT2D eigenvalue weighted by molar-refractivity contribution is 7.99. The lowest BCUT2D eigenvalue weighted by atomic mass is 9.96. The minimum absolute atomic E-state index is 0. The van der Waals surface area contributed by atoms with Crippen LogP contribution in [0.1, 0.15) is 27.2 Å². The summed E-state index contributed by atoms with van der Waals surface area (Å²) in [5, 5.41) is 3.40. The molecule has 102 valence electrons. The van der Waals surface area contributed by atoms with E-state index in [9.17, 15) is 4.79 Å². The molecule has 1 rings (SSSR count). The molecule has 1 saturated heterocycles. The Morgan fingerprint density at radius 3 is 2.59 bits per heavy atom. The van der Waals surface area contributed by atoms with Crippen LogP contribution in [0.3, 0.4) is 0 Å². The third-order valence-corrected chi connectivity index (χ3v) is 3.69. The van der Waals surface area contributed by atoms with Crippen molar-refractivity contribution in [1.29, 1.82) is 0 Å². The Balaban J connectivity index is 0.00000256. The van der Waals surface area contributed by atoms with Crippen molar-refractivity contribution < 1.29 is 4.79 Å². The highest BCUT2D eigenvalue weighted by Crippen LogP contribution is 2.16. The molecule has 0 aliphatic carbocycles. The fourth-order valence-electron chi connectivity index (χ4n) is 1.92. The molecule has 1 amide bonds. The van der Waals surface area contributed by atoms with E-state index in [1.54, 1.807) is 0 Å². The monoisotopic (exact) mass is 280 g/mol. The van der Waals surface area contributed by atoms with Gasteiger partial charge < -0.3 is 10.2 Å². The van der Waals surface area contributed by atoms with Gasteiger partial charge in [0, 0.05) is 44.1 Å². The number of halogens is 1. The van der Waals surface area contributed by atoms with Crippen LogP contribution in [0.2, 0.25) is 0 Å². The number of carbonyl (C=O) groups excluding carboxylic acids is 1. The summed E-state index contributed by atoms with van der Waals surface area (Å²) < 4.78 is 0. The molecule has 0 saturated carbocycles. The van der Waals surface area contributed by atoms with E-state index in [0.717, 1.165) is 18.8 Å². The summed E-state index contributed by atoms with van der Waals surface area (Å²) in [7, 11) is 1.91. The van der Waals surface area contributed by atoms with Crippen molar-refractivity contribution in [3.8, 4) is 0 Å². The zero-order valence-corrected chi connectivity index (χ0v) is 12.9. The SMILES string of the molecule is CN(CC(C)(C)C)C(=O)CC1CSCCN1.Cl. The number of hydrogen-bond donors (Lipinski definition) is 1. The minimum Gasteiger partial charge on any atom is -0.345 e. The average Bonchev–Trinajstić information content (AvgIpc) is 2.16. The van der Waals surface area contributed by atoms with Gasteiger partial charge in [-0.25, -0.2) is 0 Å². The molecule has 17 heavy (non-hydrogen) atoms. The normalized spacial score (nSPS) is 20.6. The standard InChI is InChI=1S/C12H24N2OS.ClH/c1-12(2,3)9-14(4)11(15)7-10-8-16-6-5-13-10;/h10,13H,5-9H2,1-4H3;1H. The Kier molecular flexibility index (Phi) is 7.52. The van der Waals surface area contributed by atoms with Gasteiger partial charge in [-0.05, 0) is 5.41 Å². The van der Waals surface area contributed by atoms with Crippen molar-refractivity contribution in [1.82, 2.24) is 10.2 Å². The van der Waals surface area contributed by atoms with Crippen LogP contribution in [-0.4, -0.2) is 48.5 Å². The van der Waals surface area contributed by atoms with Crippen molar-refractivity contribution in [3.05, 3.63) is 0 Å². The number of carbonyl (C=O) groups is 1. The molecule has 0 radical (unpaired) electrons. The molecule has 1 aliphatic rings. The number of nitrogens with zero attached hydrogens (tertiary/aromatic N) is 1. The molecule has 0 bridgehead atoms. The third-order valence-electron chi connectivity index (χ3n) is 2.56. The molecule has 0 aromatic rings. The molecule has 3 nitrogen and oxygen atoms in total. The summed E-state index contributed by atoms with van der Waals surface area (Å²) in [6.07, 6.45) is 0.638. The molecule has 1 heterocycles. The van der Waals surface area contributed by atoms with Crippen LogP contribution < -0.4 is 5.32 Å². The maximum Gasteiger partial charge on any atom is 0.223 e. The van der Waals surface area contributed by atoms with E-state index >= 15 is 0 Å². The van der Waals surface area contributed by atoms with E-state index < -0.39 is 0 Å². The molecule has 1 fully saturated rings. The topological polar surface area (TPSA) is 32.3 Å². The molecule has 5 heteroatoms. The smallest absolute Gasteiger partial charge is 0.223 e. The Bertz CT molecular complexity index is 237. The Morgan fingerprint density at radius 1 is 1.47 bits per heavy atom. The molecule has 1 unspecified atom stereocenters. The quantitative estimate of drug-likeness (QED) is 0.858. The first-order valence-electron chi connectivity index (χ1n) is 5.93. The summed E-state index contributed by atoms with van der Waals surface area (Å²) in [5.41, 5.74) is 0.180. The van der Waals surface area contributed by atoms with Gasteiger partial charge in [0.25, 0.3) is 0 Å². The summed E-state index contributed by atoms with van der Waals surface area (Å²) in [6.45, 7) is 8.33. The molecule has 0 spiro atoms. The van der Waals surface area contributed by atoms with Gasteiger partial charge in [-0.3, -0.25) is 4.79 Å². The molecular formula is C12H25ClN2OS. The number of amides is 1. The largest absolute Gasteiger partial charge is 0.345 e. The van der Waals surface area contributed by atoms with Crippen LogP contribution in [0.5, 0.6) is 0 Å². The lowest BCUT2D eigenvalue weighted by Crippen LogP contribution is -2.43. The molecule has 1 aliphatic heterocycles.